The van der Waals surface area contributed by atoms with E-state index in [1.807, 2.05) is 35.0 Å². The summed E-state index contributed by atoms with van der Waals surface area (Å²) in [6.45, 7) is 2.77. The predicted octanol–water partition coefficient (Wildman–Crippen LogP) is 3.22. The van der Waals surface area contributed by atoms with Crippen molar-refractivity contribution in [1.29, 1.82) is 0 Å². The van der Waals surface area contributed by atoms with E-state index in [9.17, 15) is 0 Å². The third-order valence-electron chi connectivity index (χ3n) is 2.89. The van der Waals surface area contributed by atoms with E-state index in [-0.39, 0.29) is 30.9 Å². The monoisotopic (exact) mass is 317 g/mol. The number of nitrogens with two attached hydrogens (primary N) is 1. The number of hydrogen-bond donors (Lipinski definition) is 1. The third kappa shape index (κ3) is 5.04. The fourth-order valence-electron chi connectivity index (χ4n) is 1.83. The molecular weight excluding hydrogens is 297 g/mol. The highest BCUT2D eigenvalue weighted by Gasteiger charge is 2.06. The van der Waals surface area contributed by atoms with Crippen molar-refractivity contribution < 1.29 is 4.74 Å². The van der Waals surface area contributed by atoms with Crippen LogP contribution in [-0.4, -0.2) is 22.2 Å². The first-order valence-electron chi connectivity index (χ1n) is 6.28. The molecule has 0 fully saturated rings. The van der Waals surface area contributed by atoms with Crippen molar-refractivity contribution >= 4 is 24.8 Å². The lowest BCUT2D eigenvalue weighted by Crippen LogP contribution is -2.19. The van der Waals surface area contributed by atoms with Crippen LogP contribution in [0.15, 0.2) is 43.0 Å². The van der Waals surface area contributed by atoms with Crippen LogP contribution in [0.3, 0.4) is 0 Å². The van der Waals surface area contributed by atoms with E-state index < -0.39 is 0 Å². The van der Waals surface area contributed by atoms with Crippen LogP contribution >= 0.6 is 24.8 Å². The smallest absolute Gasteiger partial charge is 0.119 e. The predicted molar refractivity (Wildman–Crippen MR) is 86.4 cm³/mol. The number of benzene rings is 1. The molecule has 4 nitrogen and oxygen atoms in total. The summed E-state index contributed by atoms with van der Waals surface area (Å²) in [4.78, 5) is 4.02. The first-order chi connectivity index (χ1) is 8.83. The van der Waals surface area contributed by atoms with E-state index in [0.717, 1.165) is 24.3 Å². The van der Waals surface area contributed by atoms with Crippen molar-refractivity contribution in [1.82, 2.24) is 9.55 Å². The van der Waals surface area contributed by atoms with Gasteiger partial charge < -0.3 is 15.0 Å². The lowest BCUT2D eigenvalue weighted by atomic mass is 10.2. The summed E-state index contributed by atoms with van der Waals surface area (Å²) < 4.78 is 7.83. The maximum atomic E-state index is 5.87. The van der Waals surface area contributed by atoms with Crippen LogP contribution < -0.4 is 10.5 Å². The molecule has 112 valence electrons. The van der Waals surface area contributed by atoms with Gasteiger partial charge in [-0.25, -0.2) is 4.98 Å². The van der Waals surface area contributed by atoms with Crippen LogP contribution in [0.2, 0.25) is 0 Å². The van der Waals surface area contributed by atoms with Crippen molar-refractivity contribution in [2.45, 2.75) is 25.9 Å². The van der Waals surface area contributed by atoms with Gasteiger partial charge in [0.05, 0.1) is 12.4 Å². The van der Waals surface area contributed by atoms with Gasteiger partial charge >= 0.3 is 0 Å². The Balaban J connectivity index is 0.00000180. The second-order valence-electron chi connectivity index (χ2n) is 4.19. The molecule has 1 aromatic carbocycles. The third-order valence-corrected chi connectivity index (χ3v) is 2.89. The van der Waals surface area contributed by atoms with Gasteiger partial charge in [-0.1, -0.05) is 6.92 Å². The van der Waals surface area contributed by atoms with Gasteiger partial charge in [-0.2, -0.15) is 0 Å². The summed E-state index contributed by atoms with van der Waals surface area (Å²) in [5, 5.41) is 0. The van der Waals surface area contributed by atoms with E-state index in [4.69, 9.17) is 10.5 Å². The SMILES string of the molecule is CCC(CCN)Oc1ccc(-n2ccnc2)cc1.Cl.Cl. The Morgan fingerprint density at radius 2 is 1.95 bits per heavy atom. The molecule has 0 amide bonds. The highest BCUT2D eigenvalue weighted by Crippen LogP contribution is 2.18. The van der Waals surface area contributed by atoms with Gasteiger partial charge in [-0.05, 0) is 43.7 Å². The Morgan fingerprint density at radius 1 is 1.25 bits per heavy atom. The second kappa shape index (κ2) is 9.64. The molecule has 0 saturated heterocycles. The molecule has 1 aromatic heterocycles. The van der Waals surface area contributed by atoms with E-state index in [0.29, 0.717) is 6.54 Å². The fraction of sp³-hybridized carbons (Fsp3) is 0.357. The molecule has 2 aromatic rings. The molecule has 0 aliphatic heterocycles. The van der Waals surface area contributed by atoms with Gasteiger partial charge in [0.25, 0.3) is 0 Å². The van der Waals surface area contributed by atoms with Crippen LogP contribution in [-0.2, 0) is 0 Å². The number of aromatic nitrogens is 2. The van der Waals surface area contributed by atoms with Gasteiger partial charge in [0.1, 0.15) is 5.75 Å². The molecule has 20 heavy (non-hydrogen) atoms. The van der Waals surface area contributed by atoms with Crippen LogP contribution in [0, 0.1) is 0 Å². The minimum atomic E-state index is 0. The molecule has 1 heterocycles. The topological polar surface area (TPSA) is 53.1 Å². The van der Waals surface area contributed by atoms with E-state index in [1.165, 1.54) is 0 Å². The van der Waals surface area contributed by atoms with E-state index in [1.54, 1.807) is 12.5 Å². The summed E-state index contributed by atoms with van der Waals surface area (Å²) in [7, 11) is 0. The number of imidazole rings is 1. The summed E-state index contributed by atoms with van der Waals surface area (Å²) in [5.41, 5.74) is 6.63. The molecule has 0 spiro atoms. The second-order valence-corrected chi connectivity index (χ2v) is 4.19. The quantitative estimate of drug-likeness (QED) is 0.890. The molecule has 0 bridgehead atoms. The molecule has 2 N–H and O–H groups in total. The standard InChI is InChI=1S/C14H19N3O.2ClH/c1-2-13(7-8-15)18-14-5-3-12(4-6-14)17-10-9-16-11-17;;/h3-6,9-11,13H,2,7-8,15H2,1H3;2*1H. The zero-order valence-electron chi connectivity index (χ0n) is 11.4. The summed E-state index contributed by atoms with van der Waals surface area (Å²) in [5.74, 6) is 0.888. The molecule has 0 aliphatic rings. The number of ether oxygens (including phenoxy) is 1. The maximum absolute atomic E-state index is 5.87. The highest BCUT2D eigenvalue weighted by atomic mass is 35.5. The van der Waals surface area contributed by atoms with Gasteiger partial charge in [0.15, 0.2) is 0 Å². The average molecular weight is 318 g/mol. The molecular formula is C14H21Cl2N3O. The first kappa shape index (κ1) is 18.8. The zero-order valence-corrected chi connectivity index (χ0v) is 13.1. The minimum absolute atomic E-state index is 0. The molecule has 1 unspecified atom stereocenters. The normalized spacial score (nSPS) is 11.1. The Bertz CT molecular complexity index is 460. The van der Waals surface area contributed by atoms with Gasteiger partial charge in [-0.3, -0.25) is 0 Å². The van der Waals surface area contributed by atoms with Gasteiger partial charge in [-0.15, -0.1) is 24.8 Å². The molecule has 6 heteroatoms. The van der Waals surface area contributed by atoms with Crippen molar-refractivity contribution in [2.75, 3.05) is 6.54 Å². The van der Waals surface area contributed by atoms with Crippen LogP contribution in [0.25, 0.3) is 5.69 Å². The molecule has 2 rings (SSSR count). The number of nitrogens with zero attached hydrogens (tertiary/aromatic N) is 2. The Morgan fingerprint density at radius 3 is 2.45 bits per heavy atom. The molecule has 0 radical (unpaired) electrons. The van der Waals surface area contributed by atoms with Gasteiger partial charge in [0, 0.05) is 18.1 Å². The van der Waals surface area contributed by atoms with Crippen molar-refractivity contribution in [3.63, 3.8) is 0 Å². The number of halogens is 2. The van der Waals surface area contributed by atoms with Crippen LogP contribution in [0.5, 0.6) is 5.75 Å². The number of rotatable bonds is 6. The largest absolute Gasteiger partial charge is 0.490 e. The van der Waals surface area contributed by atoms with Crippen molar-refractivity contribution in [3.05, 3.63) is 43.0 Å². The summed E-state index contributed by atoms with van der Waals surface area (Å²) >= 11 is 0. The number of hydrogen-bond acceptors (Lipinski definition) is 3. The average Bonchev–Trinajstić information content (AvgIpc) is 2.93. The van der Waals surface area contributed by atoms with Crippen molar-refractivity contribution in [2.24, 2.45) is 5.73 Å². The van der Waals surface area contributed by atoms with Gasteiger partial charge in [0.2, 0.25) is 0 Å². The Labute approximate surface area is 132 Å². The molecule has 0 saturated carbocycles. The lowest BCUT2D eigenvalue weighted by Gasteiger charge is -2.16. The van der Waals surface area contributed by atoms with E-state index in [2.05, 4.69) is 11.9 Å². The molecule has 1 atom stereocenters. The first-order valence-corrected chi connectivity index (χ1v) is 6.28. The maximum Gasteiger partial charge on any atom is 0.119 e. The fourth-order valence-corrected chi connectivity index (χ4v) is 1.83. The summed E-state index contributed by atoms with van der Waals surface area (Å²) in [6, 6.07) is 8.00. The van der Waals surface area contributed by atoms with E-state index >= 15 is 0 Å². The molecule has 0 aliphatic carbocycles. The van der Waals surface area contributed by atoms with Crippen LogP contribution in [0.4, 0.5) is 0 Å². The van der Waals surface area contributed by atoms with Crippen LogP contribution in [0.1, 0.15) is 19.8 Å². The highest BCUT2D eigenvalue weighted by molar-refractivity contribution is 5.85. The Kier molecular flexibility index (Phi) is 9.05. The summed E-state index contributed by atoms with van der Waals surface area (Å²) in [6.07, 6.45) is 7.52. The minimum Gasteiger partial charge on any atom is -0.490 e. The lowest BCUT2D eigenvalue weighted by molar-refractivity contribution is 0.189. The van der Waals surface area contributed by atoms with Crippen molar-refractivity contribution in [3.8, 4) is 11.4 Å². The zero-order chi connectivity index (χ0) is 12.8. The Hall–Kier alpha value is -1.23.